The fourth-order valence-corrected chi connectivity index (χ4v) is 6.76. The summed E-state index contributed by atoms with van der Waals surface area (Å²) < 4.78 is 1.20. The molecule has 1 unspecified atom stereocenters. The van der Waals surface area contributed by atoms with Gasteiger partial charge in [0.2, 0.25) is 0 Å². The van der Waals surface area contributed by atoms with Crippen molar-refractivity contribution < 1.29 is 9.59 Å². The van der Waals surface area contributed by atoms with Crippen molar-refractivity contribution in [1.82, 2.24) is 0 Å². The molecule has 2 N–H and O–H groups in total. The summed E-state index contributed by atoms with van der Waals surface area (Å²) in [7, 11) is 2.47. The molecule has 3 aliphatic heterocycles. The minimum atomic E-state index is 0.231. The van der Waals surface area contributed by atoms with Crippen LogP contribution in [0, 0.1) is 11.8 Å². The number of benzene rings is 1. The van der Waals surface area contributed by atoms with Crippen LogP contribution in [0.1, 0.15) is 25.3 Å². The number of nitrogens with one attached hydrogen (secondary N) is 1. The molecule has 0 radical (unpaired) electrons. The Hall–Kier alpha value is -1.32. The summed E-state index contributed by atoms with van der Waals surface area (Å²) in [5.74, 6) is 0.899. The maximum absolute atomic E-state index is 10.3. The summed E-state index contributed by atoms with van der Waals surface area (Å²) in [4.78, 5) is 0. The average Bonchev–Trinajstić information content (AvgIpc) is 3.08. The third kappa shape index (κ3) is 1.49. The Kier molecular flexibility index (Phi) is 2.69. The Morgan fingerprint density at radius 3 is 3.00 bits per heavy atom. The number of hydrogen-bond acceptors (Lipinski definition) is 2. The molecule has 3 fully saturated rings. The van der Waals surface area contributed by atoms with Crippen LogP contribution in [0.15, 0.2) is 35.9 Å². The van der Waals surface area contributed by atoms with E-state index >= 15 is 0 Å². The molecule has 122 valence electrons. The van der Waals surface area contributed by atoms with Gasteiger partial charge in [-0.25, -0.2) is 0 Å². The topological polar surface area (TPSA) is 32.3 Å². The van der Waals surface area contributed by atoms with Crippen molar-refractivity contribution in [3.63, 3.8) is 0 Å². The smallest absolute Gasteiger partial charge is 0.102 e. The minimum Gasteiger partial charge on any atom is -0.396 e. The van der Waals surface area contributed by atoms with Crippen molar-refractivity contribution >= 4 is 5.69 Å². The van der Waals surface area contributed by atoms with Crippen LogP contribution in [0.5, 0.6) is 0 Å². The van der Waals surface area contributed by atoms with Gasteiger partial charge in [-0.15, -0.1) is 0 Å². The molecule has 5 rings (SSSR count). The average molecular weight is 311 g/mol. The second-order valence-electron chi connectivity index (χ2n) is 8.39. The quantitative estimate of drug-likeness (QED) is 0.617. The van der Waals surface area contributed by atoms with Crippen molar-refractivity contribution in [2.24, 2.45) is 11.8 Å². The molecule has 1 aliphatic carbocycles. The number of nitrogens with zero attached hydrogens (tertiary/aromatic N) is 1. The van der Waals surface area contributed by atoms with Crippen LogP contribution < -0.4 is 5.32 Å². The van der Waals surface area contributed by atoms with E-state index in [-0.39, 0.29) is 5.41 Å². The van der Waals surface area contributed by atoms with Gasteiger partial charge in [-0.2, -0.15) is 0 Å². The molecule has 0 amide bonds. The highest BCUT2D eigenvalue weighted by molar-refractivity contribution is 5.64. The van der Waals surface area contributed by atoms with E-state index in [1.165, 1.54) is 41.7 Å². The predicted octanol–water partition coefficient (Wildman–Crippen LogP) is 2.53. The molecule has 1 saturated carbocycles. The van der Waals surface area contributed by atoms with Gasteiger partial charge in [-0.3, -0.25) is 0 Å². The van der Waals surface area contributed by atoms with Crippen LogP contribution in [0.2, 0.25) is 0 Å². The molecule has 3 nitrogen and oxygen atoms in total. The Balaban J connectivity index is 1.74. The van der Waals surface area contributed by atoms with Gasteiger partial charge in [0, 0.05) is 37.1 Å². The van der Waals surface area contributed by atoms with Crippen LogP contribution in [0.4, 0.5) is 5.69 Å². The second kappa shape index (κ2) is 4.40. The molecule has 0 aromatic heterocycles. The molecule has 2 bridgehead atoms. The van der Waals surface area contributed by atoms with E-state index in [1.807, 2.05) is 0 Å². The van der Waals surface area contributed by atoms with Crippen molar-refractivity contribution in [1.29, 1.82) is 0 Å². The zero-order valence-electron chi connectivity index (χ0n) is 14.1. The highest BCUT2D eigenvalue weighted by Gasteiger charge is 2.70. The van der Waals surface area contributed by atoms with Crippen molar-refractivity contribution in [2.45, 2.75) is 37.3 Å². The van der Waals surface area contributed by atoms with E-state index in [2.05, 4.69) is 49.6 Å². The summed E-state index contributed by atoms with van der Waals surface area (Å²) in [5.41, 5.74) is 4.65. The zero-order chi connectivity index (χ0) is 15.8. The van der Waals surface area contributed by atoms with Crippen LogP contribution >= 0.6 is 0 Å². The molecule has 6 atom stereocenters. The van der Waals surface area contributed by atoms with E-state index < -0.39 is 0 Å². The number of para-hydroxylation sites is 1. The lowest BCUT2D eigenvalue weighted by atomic mass is 9.55. The fraction of sp³-hybridized carbons (Fsp3) is 0.600. The monoisotopic (exact) mass is 311 g/mol. The number of rotatable bonds is 1. The summed E-state index contributed by atoms with van der Waals surface area (Å²) in [6.45, 7) is 4.93. The number of anilines is 1. The molecule has 1 aromatic carbocycles. The number of fused-ring (bicyclic) bond motifs is 2. The first kappa shape index (κ1) is 14.1. The molecule has 23 heavy (non-hydrogen) atoms. The SMILES string of the molecule is C/C=C1\C[N+]2(C)CC[C@@]34c5ccccc5N[C@@H]3[C@H](CO)[C@@H]1C[C@H]42. The Morgan fingerprint density at radius 1 is 1.39 bits per heavy atom. The number of likely N-dealkylation sites (N-methyl/N-ethyl adjacent to an activating group) is 1. The van der Waals surface area contributed by atoms with Crippen LogP contribution in [0.25, 0.3) is 0 Å². The highest BCUT2D eigenvalue weighted by atomic mass is 16.3. The lowest BCUT2D eigenvalue weighted by Crippen LogP contribution is -2.67. The summed E-state index contributed by atoms with van der Waals surface area (Å²) in [6, 6.07) is 10.0. The molecule has 1 spiro atoms. The molecule has 1 aromatic rings. The maximum atomic E-state index is 10.3. The maximum Gasteiger partial charge on any atom is 0.102 e. The van der Waals surface area contributed by atoms with Gasteiger partial charge in [-0.05, 0) is 30.0 Å². The van der Waals surface area contributed by atoms with Gasteiger partial charge >= 0.3 is 0 Å². The number of aliphatic hydroxyl groups is 1. The molecule has 3 heterocycles. The van der Waals surface area contributed by atoms with Gasteiger partial charge < -0.3 is 14.9 Å². The van der Waals surface area contributed by atoms with E-state index in [0.717, 1.165) is 0 Å². The summed E-state index contributed by atoms with van der Waals surface area (Å²) in [6.07, 6.45) is 4.83. The van der Waals surface area contributed by atoms with Crippen LogP contribution in [-0.2, 0) is 5.41 Å². The largest absolute Gasteiger partial charge is 0.396 e. The van der Waals surface area contributed by atoms with Crippen molar-refractivity contribution in [3.05, 3.63) is 41.5 Å². The van der Waals surface area contributed by atoms with Crippen molar-refractivity contribution in [3.8, 4) is 0 Å². The van der Waals surface area contributed by atoms with Gasteiger partial charge in [-0.1, -0.05) is 24.3 Å². The highest BCUT2D eigenvalue weighted by Crippen LogP contribution is 2.62. The Labute approximate surface area is 138 Å². The van der Waals surface area contributed by atoms with Gasteiger partial charge in [0.15, 0.2) is 0 Å². The summed E-state index contributed by atoms with van der Waals surface area (Å²) >= 11 is 0. The minimum absolute atomic E-state index is 0.231. The van der Waals surface area contributed by atoms with Crippen molar-refractivity contribution in [2.75, 3.05) is 32.1 Å². The van der Waals surface area contributed by atoms with E-state index in [0.29, 0.717) is 30.5 Å². The first-order valence-corrected chi connectivity index (χ1v) is 9.10. The lowest BCUT2D eigenvalue weighted by molar-refractivity contribution is -0.925. The number of aliphatic hydroxyl groups excluding tert-OH is 1. The predicted molar refractivity (Wildman–Crippen MR) is 92.3 cm³/mol. The number of hydrogen-bond donors (Lipinski definition) is 2. The Bertz CT molecular complexity index is 699. The zero-order valence-corrected chi connectivity index (χ0v) is 14.1. The second-order valence-corrected chi connectivity index (χ2v) is 8.39. The third-order valence-electron chi connectivity index (χ3n) is 7.70. The normalized spacial score (nSPS) is 48.0. The van der Waals surface area contributed by atoms with E-state index in [9.17, 15) is 5.11 Å². The van der Waals surface area contributed by atoms with Crippen LogP contribution in [-0.4, -0.2) is 48.4 Å². The Morgan fingerprint density at radius 2 is 2.22 bits per heavy atom. The third-order valence-corrected chi connectivity index (χ3v) is 7.70. The molecular weight excluding hydrogens is 284 g/mol. The fourth-order valence-electron chi connectivity index (χ4n) is 6.76. The lowest BCUT2D eigenvalue weighted by Gasteiger charge is -2.56. The van der Waals surface area contributed by atoms with E-state index in [1.54, 1.807) is 5.57 Å². The molecule has 4 aliphatic rings. The molecular formula is C20H27N2O+. The van der Waals surface area contributed by atoms with Gasteiger partial charge in [0.1, 0.15) is 12.6 Å². The van der Waals surface area contributed by atoms with Crippen LogP contribution in [0.3, 0.4) is 0 Å². The first-order chi connectivity index (χ1) is 11.1. The molecule has 2 saturated heterocycles. The number of quaternary nitrogens is 1. The summed E-state index contributed by atoms with van der Waals surface area (Å²) in [5, 5.41) is 14.1. The number of allylic oxidation sites excluding steroid dienone is 1. The van der Waals surface area contributed by atoms with E-state index in [4.69, 9.17) is 0 Å². The molecule has 3 heteroatoms. The van der Waals surface area contributed by atoms with Gasteiger partial charge in [0.05, 0.1) is 19.0 Å². The van der Waals surface area contributed by atoms with Gasteiger partial charge in [0.25, 0.3) is 0 Å². The number of piperidine rings is 1. The standard InChI is InChI=1S/C20H27N2O/c1-3-13-11-22(2)9-8-20-16-6-4-5-7-17(16)21-19(20)15(12-23)14(13)10-18(20)22/h3-7,14-15,18-19,21,23H,8-12H2,1-2H3/q+1/b13-3+/t14-,15-,18-,19-,20+,22?/m1/s1. The first-order valence-electron chi connectivity index (χ1n) is 9.10.